The molecular weight excluding hydrogens is 831 g/mol. The first kappa shape index (κ1) is 40.6. The number of anilines is 4. The number of aromatic nitrogens is 9. The second kappa shape index (κ2) is 16.7. The van der Waals surface area contributed by atoms with Crippen LogP contribution in [0.4, 0.5) is 32.2 Å². The predicted molar refractivity (Wildman–Crippen MR) is 240 cm³/mol. The summed E-state index contributed by atoms with van der Waals surface area (Å²) in [7, 11) is 0. The van der Waals surface area contributed by atoms with Crippen LogP contribution in [0.1, 0.15) is 53.5 Å². The summed E-state index contributed by atoms with van der Waals surface area (Å²) in [5.41, 5.74) is 10.5. The monoisotopic (exact) mass is 868 g/mol. The summed E-state index contributed by atoms with van der Waals surface area (Å²) in [6.07, 6.45) is 3.02. The standard InChI is InChI=1S/C47H38F2N14O2/c1-27(43-57-36-18-16-33(49)38(46(64)60-20-22-65-23-21-60)40(36)63(43)31-12-7-4-8-13-31)55-42-32(25-50)41(51)58-47(59-42)61(45-39-35(53-26-54-45)14-9-19-52-39)28(2)44-56-34-17-15-29(48)24-37(34)62(44)30-10-5-3-6-11-30/h3-19,24,26-28H,20-23H2,1-2H3,(H3,51,55,58,59)/t27-,28-/m0/s1. The lowest BCUT2D eigenvalue weighted by Gasteiger charge is -2.29. The SMILES string of the molecule is C[C@H](Nc1nc(N(c2ncnc3cccnc23)[C@@H](C)c2nc3ccc(F)cc3n2-c2ccccc2)nc(N)c1C#N)c1nc2ccc(F)c(C(=O)N3CCOCC3)c2n1-c1ccccc1. The summed E-state index contributed by atoms with van der Waals surface area (Å²) in [5, 5.41) is 13.9. The van der Waals surface area contributed by atoms with Gasteiger partial charge in [-0.2, -0.15) is 15.2 Å². The molecule has 1 aliphatic heterocycles. The highest BCUT2D eigenvalue weighted by Crippen LogP contribution is 2.39. The van der Waals surface area contributed by atoms with Crippen LogP contribution in [0.3, 0.4) is 0 Å². The zero-order valence-electron chi connectivity index (χ0n) is 35.0. The number of benzene rings is 4. The molecule has 3 N–H and O–H groups in total. The van der Waals surface area contributed by atoms with Gasteiger partial charge in [0.15, 0.2) is 11.6 Å². The molecule has 0 unspecified atom stereocenters. The molecule has 6 heterocycles. The van der Waals surface area contributed by atoms with Crippen molar-refractivity contribution in [2.45, 2.75) is 25.9 Å². The van der Waals surface area contributed by atoms with Crippen LogP contribution in [0.15, 0.2) is 116 Å². The number of hydrogen-bond donors (Lipinski definition) is 2. The fourth-order valence-corrected chi connectivity index (χ4v) is 8.29. The Bertz CT molecular complexity index is 3310. The number of nitrogens with two attached hydrogens (primary N) is 1. The van der Waals surface area contributed by atoms with Crippen LogP contribution in [0.25, 0.3) is 44.5 Å². The summed E-state index contributed by atoms with van der Waals surface area (Å²) in [6, 6.07) is 30.0. The van der Waals surface area contributed by atoms with E-state index in [0.29, 0.717) is 77.0 Å². The summed E-state index contributed by atoms with van der Waals surface area (Å²) in [6.45, 7) is 4.99. The molecule has 1 saturated heterocycles. The lowest BCUT2D eigenvalue weighted by atomic mass is 10.1. The molecule has 1 amide bonds. The maximum absolute atomic E-state index is 16.0. The summed E-state index contributed by atoms with van der Waals surface area (Å²) < 4.78 is 40.0. The molecular formula is C47H38F2N14O2. The molecule has 0 radical (unpaired) electrons. The first-order chi connectivity index (χ1) is 31.7. The average Bonchev–Trinajstić information content (AvgIpc) is 3.91. The molecule has 18 heteroatoms. The van der Waals surface area contributed by atoms with E-state index in [4.69, 9.17) is 35.4 Å². The van der Waals surface area contributed by atoms with Gasteiger partial charge in [-0.3, -0.25) is 23.8 Å². The number of carbonyl (C=O) groups excluding carboxylic acids is 1. The van der Waals surface area contributed by atoms with Gasteiger partial charge in [-0.25, -0.2) is 28.7 Å². The molecule has 0 spiro atoms. The van der Waals surface area contributed by atoms with Crippen molar-refractivity contribution < 1.29 is 18.3 Å². The van der Waals surface area contributed by atoms with E-state index in [-0.39, 0.29) is 34.2 Å². The summed E-state index contributed by atoms with van der Waals surface area (Å²) in [5.74, 6) is -0.527. The number of nitrogen functional groups attached to an aromatic ring is 1. The first-order valence-corrected chi connectivity index (χ1v) is 20.8. The Labute approximate surface area is 369 Å². The number of imidazole rings is 2. The molecule has 2 atom stereocenters. The molecule has 16 nitrogen and oxygen atoms in total. The second-order valence-corrected chi connectivity index (χ2v) is 15.3. The number of pyridine rings is 1. The highest BCUT2D eigenvalue weighted by Gasteiger charge is 2.33. The normalized spacial score (nSPS) is 13.8. The number of amides is 1. The highest BCUT2D eigenvalue weighted by molar-refractivity contribution is 6.06. The first-order valence-electron chi connectivity index (χ1n) is 20.8. The Kier molecular flexibility index (Phi) is 10.4. The van der Waals surface area contributed by atoms with Gasteiger partial charge in [-0.05, 0) is 74.5 Å². The van der Waals surface area contributed by atoms with E-state index in [1.165, 1.54) is 30.6 Å². The molecule has 4 aromatic carbocycles. The molecule has 1 fully saturated rings. The summed E-state index contributed by atoms with van der Waals surface area (Å²) >= 11 is 0. The number of hydrogen-bond acceptors (Lipinski definition) is 13. The number of nitrogens with one attached hydrogen (secondary N) is 1. The minimum atomic E-state index is -0.761. The van der Waals surface area contributed by atoms with E-state index in [9.17, 15) is 14.4 Å². The van der Waals surface area contributed by atoms with Crippen LogP contribution in [0.5, 0.6) is 0 Å². The number of morpholine rings is 1. The smallest absolute Gasteiger partial charge is 0.259 e. The van der Waals surface area contributed by atoms with Crippen LogP contribution in [-0.4, -0.2) is 81.1 Å². The van der Waals surface area contributed by atoms with Gasteiger partial charge in [-0.1, -0.05) is 36.4 Å². The Hall–Kier alpha value is -8.43. The van der Waals surface area contributed by atoms with Crippen LogP contribution in [0, 0.1) is 23.0 Å². The van der Waals surface area contributed by atoms with Gasteiger partial charge in [0.05, 0.1) is 52.9 Å². The van der Waals surface area contributed by atoms with Crippen molar-refractivity contribution in [1.82, 2.24) is 48.9 Å². The van der Waals surface area contributed by atoms with E-state index >= 15 is 4.39 Å². The van der Waals surface area contributed by atoms with Crippen LogP contribution in [0.2, 0.25) is 0 Å². The van der Waals surface area contributed by atoms with Crippen LogP contribution < -0.4 is 16.0 Å². The minimum Gasteiger partial charge on any atom is -0.382 e. The fourth-order valence-electron chi connectivity index (χ4n) is 8.29. The number of fused-ring (bicyclic) bond motifs is 3. The number of halogens is 2. The van der Waals surface area contributed by atoms with Crippen LogP contribution in [-0.2, 0) is 4.74 Å². The third kappa shape index (κ3) is 7.22. The van der Waals surface area contributed by atoms with E-state index in [2.05, 4.69) is 21.4 Å². The van der Waals surface area contributed by atoms with Crippen molar-refractivity contribution in [2.75, 3.05) is 42.3 Å². The van der Waals surface area contributed by atoms with Crippen molar-refractivity contribution in [3.63, 3.8) is 0 Å². The zero-order valence-corrected chi connectivity index (χ0v) is 35.0. The van der Waals surface area contributed by atoms with Crippen molar-refractivity contribution in [3.8, 4) is 17.4 Å². The van der Waals surface area contributed by atoms with Gasteiger partial charge in [0.2, 0.25) is 5.95 Å². The number of para-hydroxylation sites is 2. The third-order valence-electron chi connectivity index (χ3n) is 11.3. The molecule has 0 aliphatic carbocycles. The van der Waals surface area contributed by atoms with Gasteiger partial charge >= 0.3 is 0 Å². The second-order valence-electron chi connectivity index (χ2n) is 15.3. The molecule has 9 aromatic rings. The number of nitriles is 1. The van der Waals surface area contributed by atoms with Crippen molar-refractivity contribution in [1.29, 1.82) is 5.26 Å². The van der Waals surface area contributed by atoms with Crippen LogP contribution >= 0.6 is 0 Å². The molecule has 0 saturated carbocycles. The predicted octanol–water partition coefficient (Wildman–Crippen LogP) is 7.77. The lowest BCUT2D eigenvalue weighted by molar-refractivity contribution is 0.0301. The Morgan fingerprint density at radius 2 is 1.52 bits per heavy atom. The highest BCUT2D eigenvalue weighted by atomic mass is 19.1. The molecule has 10 rings (SSSR count). The number of carbonyl (C=O) groups is 1. The summed E-state index contributed by atoms with van der Waals surface area (Å²) in [4.78, 5) is 50.9. The van der Waals surface area contributed by atoms with Crippen molar-refractivity contribution in [3.05, 3.63) is 150 Å². The van der Waals surface area contributed by atoms with Crippen molar-refractivity contribution >= 4 is 62.4 Å². The molecule has 1 aliphatic rings. The average molecular weight is 869 g/mol. The Morgan fingerprint density at radius 1 is 0.815 bits per heavy atom. The molecule has 0 bridgehead atoms. The van der Waals surface area contributed by atoms with E-state index in [1.54, 1.807) is 38.8 Å². The van der Waals surface area contributed by atoms with Crippen molar-refractivity contribution in [2.24, 2.45) is 0 Å². The van der Waals surface area contributed by atoms with Gasteiger partial charge in [0.1, 0.15) is 58.1 Å². The van der Waals surface area contributed by atoms with Gasteiger partial charge in [-0.15, -0.1) is 0 Å². The van der Waals surface area contributed by atoms with Gasteiger partial charge in [0.25, 0.3) is 5.91 Å². The topological polar surface area (TPSA) is 195 Å². The molecule has 65 heavy (non-hydrogen) atoms. The maximum Gasteiger partial charge on any atom is 0.259 e. The van der Waals surface area contributed by atoms with E-state index < -0.39 is 29.6 Å². The zero-order chi connectivity index (χ0) is 44.8. The van der Waals surface area contributed by atoms with Gasteiger partial charge < -0.3 is 20.7 Å². The largest absolute Gasteiger partial charge is 0.382 e. The molecule has 5 aromatic heterocycles. The minimum absolute atomic E-state index is 0.0178. The van der Waals surface area contributed by atoms with E-state index in [1.807, 2.05) is 79.1 Å². The fraction of sp³-hybridized carbons (Fsp3) is 0.170. The Balaban J connectivity index is 1.14. The maximum atomic E-state index is 16.0. The Morgan fingerprint density at radius 3 is 2.26 bits per heavy atom. The molecule has 322 valence electrons. The third-order valence-corrected chi connectivity index (χ3v) is 11.3. The van der Waals surface area contributed by atoms with E-state index in [0.717, 1.165) is 5.69 Å². The van der Waals surface area contributed by atoms with Gasteiger partial charge in [0, 0.05) is 36.7 Å². The lowest BCUT2D eigenvalue weighted by Crippen LogP contribution is -2.41. The number of rotatable bonds is 10. The number of nitrogens with zero attached hydrogens (tertiary/aromatic N) is 12. The quantitative estimate of drug-likeness (QED) is 0.135. The number of ether oxygens (including phenoxy) is 1.